The van der Waals surface area contributed by atoms with Gasteiger partial charge in [0, 0.05) is 5.92 Å². The molecule has 1 unspecified atom stereocenters. The third-order valence-corrected chi connectivity index (χ3v) is 3.61. The van der Waals surface area contributed by atoms with Crippen molar-refractivity contribution in [3.63, 3.8) is 0 Å². The topological polar surface area (TPSA) is 55.4 Å². The Balaban J connectivity index is 2.52. The van der Waals surface area contributed by atoms with Crippen LogP contribution in [-0.2, 0) is 14.3 Å². The van der Waals surface area contributed by atoms with Crippen LogP contribution in [0.15, 0.2) is 0 Å². The lowest BCUT2D eigenvalue weighted by Crippen LogP contribution is -2.48. The molecule has 1 saturated carbocycles. The molecule has 18 heavy (non-hydrogen) atoms. The maximum absolute atomic E-state index is 12.0. The van der Waals surface area contributed by atoms with E-state index in [0.717, 1.165) is 25.7 Å². The van der Waals surface area contributed by atoms with E-state index in [0.29, 0.717) is 0 Å². The highest BCUT2D eigenvalue weighted by Crippen LogP contribution is 2.23. The van der Waals surface area contributed by atoms with Crippen LogP contribution in [-0.4, -0.2) is 24.0 Å². The van der Waals surface area contributed by atoms with E-state index < -0.39 is 6.04 Å². The van der Waals surface area contributed by atoms with Crippen LogP contribution < -0.4 is 5.32 Å². The Hall–Kier alpha value is -1.06. The van der Waals surface area contributed by atoms with E-state index in [-0.39, 0.29) is 29.8 Å². The van der Waals surface area contributed by atoms with Crippen LogP contribution in [0.3, 0.4) is 0 Å². The van der Waals surface area contributed by atoms with Gasteiger partial charge in [0.2, 0.25) is 5.91 Å². The van der Waals surface area contributed by atoms with E-state index in [1.165, 1.54) is 0 Å². The number of hydrogen-bond donors (Lipinski definition) is 1. The van der Waals surface area contributed by atoms with Gasteiger partial charge in [-0.25, -0.2) is 4.79 Å². The molecule has 1 aliphatic rings. The largest absolute Gasteiger partial charge is 0.461 e. The van der Waals surface area contributed by atoms with Gasteiger partial charge in [-0.3, -0.25) is 4.79 Å². The van der Waals surface area contributed by atoms with Gasteiger partial charge < -0.3 is 10.1 Å². The number of carbonyl (C=O) groups is 2. The lowest BCUT2D eigenvalue weighted by atomic mass is 9.95. The summed E-state index contributed by atoms with van der Waals surface area (Å²) in [6.45, 7) is 7.67. The molecule has 0 aromatic rings. The van der Waals surface area contributed by atoms with Gasteiger partial charge in [0.1, 0.15) is 12.1 Å². The highest BCUT2D eigenvalue weighted by molar-refractivity contribution is 5.85. The second-order valence-electron chi connectivity index (χ2n) is 5.53. The number of amides is 1. The molecule has 0 radical (unpaired) electrons. The predicted molar refractivity (Wildman–Crippen MR) is 70.0 cm³/mol. The van der Waals surface area contributed by atoms with E-state index in [4.69, 9.17) is 4.74 Å². The average Bonchev–Trinajstić information content (AvgIpc) is 2.28. The minimum atomic E-state index is -0.521. The van der Waals surface area contributed by atoms with Gasteiger partial charge in [-0.1, -0.05) is 27.7 Å². The molecule has 1 aliphatic carbocycles. The summed E-state index contributed by atoms with van der Waals surface area (Å²) >= 11 is 0. The molecule has 1 N–H and O–H groups in total. The summed E-state index contributed by atoms with van der Waals surface area (Å²) in [6, 6.07) is -0.521. The molecule has 2 atom stereocenters. The molecular weight excluding hydrogens is 230 g/mol. The maximum Gasteiger partial charge on any atom is 0.329 e. The maximum atomic E-state index is 12.0. The third-order valence-electron chi connectivity index (χ3n) is 3.61. The normalized spacial score (nSPS) is 18.9. The first-order valence-corrected chi connectivity index (χ1v) is 6.96. The number of esters is 1. The van der Waals surface area contributed by atoms with Crippen LogP contribution in [0.25, 0.3) is 0 Å². The second kappa shape index (κ2) is 6.76. The Kier molecular flexibility index (Phi) is 5.63. The van der Waals surface area contributed by atoms with Crippen molar-refractivity contribution in [2.24, 2.45) is 11.8 Å². The lowest BCUT2D eigenvalue weighted by Gasteiger charge is -2.29. The molecule has 0 aromatic heterocycles. The molecule has 0 aromatic carbocycles. The van der Waals surface area contributed by atoms with Crippen molar-refractivity contribution >= 4 is 11.9 Å². The van der Waals surface area contributed by atoms with Crippen molar-refractivity contribution in [2.45, 2.75) is 65.5 Å². The molecule has 104 valence electrons. The van der Waals surface area contributed by atoms with Gasteiger partial charge in [-0.2, -0.15) is 0 Å². The highest BCUT2D eigenvalue weighted by Gasteiger charge is 2.30. The third kappa shape index (κ3) is 4.00. The SMILES string of the molecule is CCC(C)C(=O)N[C@H](C(=O)OC1CCC1)C(C)C. The molecule has 4 heteroatoms. The van der Waals surface area contributed by atoms with Crippen molar-refractivity contribution in [1.29, 1.82) is 0 Å². The summed E-state index contributed by atoms with van der Waals surface area (Å²) in [5.74, 6) is -0.374. The van der Waals surface area contributed by atoms with Gasteiger partial charge in [0.05, 0.1) is 0 Å². The molecular formula is C14H25NO3. The van der Waals surface area contributed by atoms with Crippen molar-refractivity contribution in [3.8, 4) is 0 Å². The summed E-state index contributed by atoms with van der Waals surface area (Å²) in [5.41, 5.74) is 0. The number of nitrogens with one attached hydrogen (secondary N) is 1. The Morgan fingerprint density at radius 2 is 1.89 bits per heavy atom. The molecule has 4 nitrogen and oxygen atoms in total. The van der Waals surface area contributed by atoms with Crippen LogP contribution in [0.5, 0.6) is 0 Å². The van der Waals surface area contributed by atoms with E-state index in [1.54, 1.807) is 0 Å². The van der Waals surface area contributed by atoms with Crippen molar-refractivity contribution in [1.82, 2.24) is 5.32 Å². The Morgan fingerprint density at radius 1 is 1.28 bits per heavy atom. The first-order valence-electron chi connectivity index (χ1n) is 6.96. The van der Waals surface area contributed by atoms with Crippen LogP contribution in [0.1, 0.15) is 53.4 Å². The number of rotatable bonds is 6. The molecule has 0 bridgehead atoms. The van der Waals surface area contributed by atoms with Gasteiger partial charge in [0.15, 0.2) is 0 Å². The summed E-state index contributed by atoms with van der Waals surface area (Å²) in [5, 5.41) is 2.81. The zero-order chi connectivity index (χ0) is 13.7. The van der Waals surface area contributed by atoms with E-state index >= 15 is 0 Å². The molecule has 1 amide bonds. The van der Waals surface area contributed by atoms with Gasteiger partial charge >= 0.3 is 5.97 Å². The van der Waals surface area contributed by atoms with Gasteiger partial charge in [0.25, 0.3) is 0 Å². The lowest BCUT2D eigenvalue weighted by molar-refractivity contribution is -0.158. The standard InChI is InChI=1S/C14H25NO3/c1-5-10(4)13(16)15-12(9(2)3)14(17)18-11-7-6-8-11/h9-12H,5-8H2,1-4H3,(H,15,16)/t10?,12-/m0/s1. The number of ether oxygens (including phenoxy) is 1. The van der Waals surface area contributed by atoms with Crippen molar-refractivity contribution in [3.05, 3.63) is 0 Å². The summed E-state index contributed by atoms with van der Waals surface area (Å²) in [6.07, 6.45) is 3.88. The minimum Gasteiger partial charge on any atom is -0.461 e. The smallest absolute Gasteiger partial charge is 0.329 e. The second-order valence-corrected chi connectivity index (χ2v) is 5.53. The van der Waals surface area contributed by atoms with Gasteiger partial charge in [-0.05, 0) is 31.6 Å². The van der Waals surface area contributed by atoms with Crippen LogP contribution in [0.4, 0.5) is 0 Å². The molecule has 0 spiro atoms. The summed E-state index contributed by atoms with van der Waals surface area (Å²) in [4.78, 5) is 23.8. The zero-order valence-corrected chi connectivity index (χ0v) is 11.9. The fourth-order valence-corrected chi connectivity index (χ4v) is 1.70. The highest BCUT2D eigenvalue weighted by atomic mass is 16.5. The molecule has 0 saturated heterocycles. The Labute approximate surface area is 109 Å². The van der Waals surface area contributed by atoms with Crippen LogP contribution in [0, 0.1) is 11.8 Å². The quantitative estimate of drug-likeness (QED) is 0.741. The molecule has 1 fully saturated rings. The van der Waals surface area contributed by atoms with Crippen molar-refractivity contribution < 1.29 is 14.3 Å². The predicted octanol–water partition coefficient (Wildman–Crippen LogP) is 2.27. The Morgan fingerprint density at radius 3 is 2.28 bits per heavy atom. The monoisotopic (exact) mass is 255 g/mol. The van der Waals surface area contributed by atoms with Crippen LogP contribution >= 0.6 is 0 Å². The van der Waals surface area contributed by atoms with E-state index in [2.05, 4.69) is 5.32 Å². The summed E-state index contributed by atoms with van der Waals surface area (Å²) < 4.78 is 5.37. The van der Waals surface area contributed by atoms with E-state index in [9.17, 15) is 9.59 Å². The summed E-state index contributed by atoms with van der Waals surface area (Å²) in [7, 11) is 0. The molecule has 0 aliphatic heterocycles. The minimum absolute atomic E-state index is 0.0468. The molecule has 1 rings (SSSR count). The van der Waals surface area contributed by atoms with E-state index in [1.807, 2.05) is 27.7 Å². The number of hydrogen-bond acceptors (Lipinski definition) is 3. The van der Waals surface area contributed by atoms with Crippen molar-refractivity contribution in [2.75, 3.05) is 0 Å². The first-order chi connectivity index (χ1) is 8.45. The average molecular weight is 255 g/mol. The Bertz CT molecular complexity index is 297. The number of carbonyl (C=O) groups excluding carboxylic acids is 2. The fraction of sp³-hybridized carbons (Fsp3) is 0.857. The zero-order valence-electron chi connectivity index (χ0n) is 11.9. The van der Waals surface area contributed by atoms with Crippen LogP contribution in [0.2, 0.25) is 0 Å². The molecule has 0 heterocycles. The first kappa shape index (κ1) is 15.0. The fourth-order valence-electron chi connectivity index (χ4n) is 1.70. The van der Waals surface area contributed by atoms with Gasteiger partial charge in [-0.15, -0.1) is 0 Å².